The zero-order valence-corrected chi connectivity index (χ0v) is 20.9. The van der Waals surface area contributed by atoms with E-state index in [0.717, 1.165) is 0 Å². The van der Waals surface area contributed by atoms with Crippen LogP contribution in [-0.4, -0.2) is 38.0 Å². The molecule has 0 aromatic heterocycles. The number of carbonyl (C=O) groups excluding carboxylic acids is 3. The molecule has 0 aliphatic carbocycles. The first-order chi connectivity index (χ1) is 13.4. The van der Waals surface area contributed by atoms with Crippen LogP contribution in [0.15, 0.2) is 48.5 Å². The number of carbonyl (C=O) groups is 3. The molecule has 2 rings (SSSR count). The van der Waals surface area contributed by atoms with Crippen molar-refractivity contribution in [3.05, 3.63) is 59.7 Å². The molecule has 2 aromatic carbocycles. The molecule has 0 N–H and O–H groups in total. The van der Waals surface area contributed by atoms with Gasteiger partial charge in [-0.25, -0.2) is 0 Å². The average Bonchev–Trinajstić information content (AvgIpc) is 2.69. The van der Waals surface area contributed by atoms with Gasteiger partial charge >= 0.3 is 59.1 Å². The summed E-state index contributed by atoms with van der Waals surface area (Å²) in [6.45, 7) is -1.18. The number of methoxy groups -OCH3 is 1. The summed E-state index contributed by atoms with van der Waals surface area (Å²) in [7, 11) is 1.41. The van der Waals surface area contributed by atoms with Crippen LogP contribution in [0.3, 0.4) is 0 Å². The molecule has 0 fully saturated rings. The molecular weight excluding hydrogens is 414 g/mol. The first-order valence-corrected chi connectivity index (χ1v) is 8.05. The number of carboxylic acids is 2. The van der Waals surface area contributed by atoms with Gasteiger partial charge in [0.15, 0.2) is 17.3 Å². The summed E-state index contributed by atoms with van der Waals surface area (Å²) in [5, 5.41) is 20.8. The molecule has 146 valence electrons. The maximum atomic E-state index is 12.2. The topological polar surface area (TPSA) is 125 Å². The number of ether oxygens (including phenoxy) is 3. The second-order valence-corrected chi connectivity index (χ2v) is 5.45. The molecule has 0 radical (unpaired) electrons. The minimum absolute atomic E-state index is 0. The number of hydrogen-bond donors (Lipinski definition) is 0. The number of hydrogen-bond acceptors (Lipinski definition) is 8. The van der Waals surface area contributed by atoms with Crippen LogP contribution in [-0.2, 0) is 9.59 Å². The van der Waals surface area contributed by atoms with Crippen molar-refractivity contribution in [2.24, 2.45) is 0 Å². The van der Waals surface area contributed by atoms with E-state index >= 15 is 0 Å². The van der Waals surface area contributed by atoms with Crippen molar-refractivity contribution in [1.29, 1.82) is 0 Å². The van der Waals surface area contributed by atoms with E-state index in [0.29, 0.717) is 22.6 Å². The fourth-order valence-corrected chi connectivity index (χ4v) is 2.17. The number of allylic oxidation sites excluding steroid dienone is 1. The molecular formula is C20H16Na2O8. The van der Waals surface area contributed by atoms with Crippen LogP contribution in [0, 0.1) is 0 Å². The molecule has 0 atom stereocenters. The van der Waals surface area contributed by atoms with Crippen molar-refractivity contribution >= 4 is 23.8 Å². The SMILES string of the molecule is COc1cc(C=CC(=O)c2ccc(OCC(=O)[O-])cc2)ccc1OCC(=O)[O-].[Na+].[Na+]. The van der Waals surface area contributed by atoms with Crippen LogP contribution >= 0.6 is 0 Å². The quantitative estimate of drug-likeness (QED) is 0.207. The fourth-order valence-electron chi connectivity index (χ4n) is 2.17. The van der Waals surface area contributed by atoms with Crippen LogP contribution in [0.1, 0.15) is 15.9 Å². The molecule has 0 saturated carbocycles. The Morgan fingerprint density at radius 1 is 0.867 bits per heavy atom. The number of rotatable bonds is 10. The standard InChI is InChI=1S/C20H18O8.2Na/c1-26-18-10-13(3-9-17(18)28-12-20(24)25)2-8-16(21)14-4-6-15(7-5-14)27-11-19(22)23;;/h2-10H,11-12H2,1H3,(H,22,23)(H,24,25);;/q;2*+1/p-2. The second-order valence-electron chi connectivity index (χ2n) is 5.45. The Bertz CT molecular complexity index is 894. The van der Waals surface area contributed by atoms with Gasteiger partial charge in [-0.2, -0.15) is 0 Å². The first-order valence-electron chi connectivity index (χ1n) is 8.05. The third-order valence-electron chi connectivity index (χ3n) is 3.46. The van der Waals surface area contributed by atoms with Gasteiger partial charge < -0.3 is 34.0 Å². The molecule has 0 unspecified atom stereocenters. The van der Waals surface area contributed by atoms with Crippen LogP contribution in [0.25, 0.3) is 6.08 Å². The van der Waals surface area contributed by atoms with Gasteiger partial charge in [0.1, 0.15) is 19.0 Å². The van der Waals surface area contributed by atoms with Crippen LogP contribution in [0.4, 0.5) is 0 Å². The van der Waals surface area contributed by atoms with E-state index in [1.165, 1.54) is 43.5 Å². The van der Waals surface area contributed by atoms with Crippen molar-refractivity contribution in [3.63, 3.8) is 0 Å². The molecule has 0 saturated heterocycles. The van der Waals surface area contributed by atoms with E-state index in [2.05, 4.69) is 0 Å². The van der Waals surface area contributed by atoms with E-state index in [4.69, 9.17) is 14.2 Å². The molecule has 2 aromatic rings. The summed E-state index contributed by atoms with van der Waals surface area (Å²) in [4.78, 5) is 33.1. The Labute approximate surface area is 217 Å². The molecule has 30 heavy (non-hydrogen) atoms. The Hall–Kier alpha value is -1.81. The zero-order valence-electron chi connectivity index (χ0n) is 16.9. The summed E-state index contributed by atoms with van der Waals surface area (Å²) < 4.78 is 15.1. The summed E-state index contributed by atoms with van der Waals surface area (Å²) in [6.07, 6.45) is 2.92. The summed E-state index contributed by atoms with van der Waals surface area (Å²) in [6, 6.07) is 10.7. The largest absolute Gasteiger partial charge is 1.00 e. The molecule has 10 heteroatoms. The summed E-state index contributed by atoms with van der Waals surface area (Å²) in [5.41, 5.74) is 1.03. The molecule has 0 aliphatic heterocycles. The van der Waals surface area contributed by atoms with Gasteiger partial charge in [0, 0.05) is 5.56 Å². The van der Waals surface area contributed by atoms with Gasteiger partial charge in [0.05, 0.1) is 19.0 Å². The molecule has 0 heterocycles. The number of aliphatic carboxylic acids is 2. The molecule has 0 amide bonds. The van der Waals surface area contributed by atoms with Gasteiger partial charge in [0.25, 0.3) is 0 Å². The Morgan fingerprint density at radius 3 is 2.03 bits per heavy atom. The normalized spacial score (nSPS) is 9.77. The van der Waals surface area contributed by atoms with Gasteiger partial charge in [-0.3, -0.25) is 4.79 Å². The van der Waals surface area contributed by atoms with E-state index in [1.54, 1.807) is 18.2 Å². The Morgan fingerprint density at radius 2 is 1.47 bits per heavy atom. The fraction of sp³-hybridized carbons (Fsp3) is 0.150. The predicted molar refractivity (Wildman–Crippen MR) is 93.8 cm³/mol. The minimum Gasteiger partial charge on any atom is -0.546 e. The Balaban J connectivity index is 0.00000420. The predicted octanol–water partition coefficient (Wildman–Crippen LogP) is -6.14. The monoisotopic (exact) mass is 430 g/mol. The Kier molecular flexibility index (Phi) is 13.4. The third kappa shape index (κ3) is 9.34. The van der Waals surface area contributed by atoms with Crippen molar-refractivity contribution in [1.82, 2.24) is 0 Å². The van der Waals surface area contributed by atoms with E-state index < -0.39 is 25.2 Å². The van der Waals surface area contributed by atoms with E-state index in [-0.39, 0.29) is 70.6 Å². The number of carboxylic acid groups (broad SMARTS) is 2. The van der Waals surface area contributed by atoms with Gasteiger partial charge in [0.2, 0.25) is 0 Å². The number of benzene rings is 2. The summed E-state index contributed by atoms with van der Waals surface area (Å²) >= 11 is 0. The first kappa shape index (κ1) is 28.2. The van der Waals surface area contributed by atoms with Crippen LogP contribution in [0.5, 0.6) is 17.2 Å². The van der Waals surface area contributed by atoms with Gasteiger partial charge in [-0.05, 0) is 48.0 Å². The molecule has 0 bridgehead atoms. The van der Waals surface area contributed by atoms with Gasteiger partial charge in [-0.1, -0.05) is 12.1 Å². The van der Waals surface area contributed by atoms with Gasteiger partial charge in [-0.15, -0.1) is 0 Å². The van der Waals surface area contributed by atoms with Crippen molar-refractivity contribution in [3.8, 4) is 17.2 Å². The molecule has 8 nitrogen and oxygen atoms in total. The summed E-state index contributed by atoms with van der Waals surface area (Å²) in [5.74, 6) is -2.11. The number of ketones is 1. The maximum Gasteiger partial charge on any atom is 1.00 e. The smallest absolute Gasteiger partial charge is 0.546 e. The second kappa shape index (κ2) is 14.2. The average molecular weight is 430 g/mol. The third-order valence-corrected chi connectivity index (χ3v) is 3.46. The maximum absolute atomic E-state index is 12.2. The molecule has 0 spiro atoms. The van der Waals surface area contributed by atoms with Crippen molar-refractivity contribution < 1.29 is 97.9 Å². The zero-order chi connectivity index (χ0) is 20.5. The van der Waals surface area contributed by atoms with Crippen molar-refractivity contribution in [2.75, 3.05) is 20.3 Å². The van der Waals surface area contributed by atoms with Crippen LogP contribution in [0.2, 0.25) is 0 Å². The van der Waals surface area contributed by atoms with E-state index in [9.17, 15) is 24.6 Å². The van der Waals surface area contributed by atoms with E-state index in [1.807, 2.05) is 0 Å². The van der Waals surface area contributed by atoms with Crippen molar-refractivity contribution in [2.45, 2.75) is 0 Å². The molecule has 0 aliphatic rings. The van der Waals surface area contributed by atoms with Crippen LogP contribution < -0.4 is 83.5 Å². The minimum atomic E-state index is -1.35.